The second kappa shape index (κ2) is 48.2. The first-order valence-electron chi connectivity index (χ1n) is 25.1. The van der Waals surface area contributed by atoms with Crippen molar-refractivity contribution in [3.8, 4) is 0 Å². The van der Waals surface area contributed by atoms with E-state index in [2.05, 4.69) is 67.8 Å². The van der Waals surface area contributed by atoms with Crippen molar-refractivity contribution in [1.82, 2.24) is 5.32 Å². The van der Waals surface area contributed by atoms with E-state index in [1.165, 1.54) is 116 Å². The van der Waals surface area contributed by atoms with Gasteiger partial charge in [-0.15, -0.1) is 0 Å². The molecule has 342 valence electrons. The SMILES string of the molecule is CCC/C=C\C/C=C\CCCCCCCC(=O)OCCCCC/C=C\C/C=C\CCCCCCCCCC(=O)NC(CO)C(O)/C=C/CCCCCCCCCCCC. The number of hydrogen-bond donors (Lipinski definition) is 3. The van der Waals surface area contributed by atoms with Crippen LogP contribution in [0.25, 0.3) is 0 Å². The van der Waals surface area contributed by atoms with Crippen LogP contribution < -0.4 is 5.32 Å². The summed E-state index contributed by atoms with van der Waals surface area (Å²) < 4.78 is 5.42. The van der Waals surface area contributed by atoms with E-state index in [9.17, 15) is 19.8 Å². The molecule has 0 aliphatic heterocycles. The normalized spacial score (nSPS) is 13.2. The van der Waals surface area contributed by atoms with Crippen LogP contribution in [0.4, 0.5) is 0 Å². The van der Waals surface area contributed by atoms with E-state index in [1.807, 2.05) is 6.08 Å². The molecular formula is C53H95NO5. The summed E-state index contributed by atoms with van der Waals surface area (Å²) in [5.41, 5.74) is 0. The van der Waals surface area contributed by atoms with Gasteiger partial charge in [0.1, 0.15) is 0 Å². The lowest BCUT2D eigenvalue weighted by Crippen LogP contribution is -2.45. The van der Waals surface area contributed by atoms with E-state index < -0.39 is 12.1 Å². The van der Waals surface area contributed by atoms with Gasteiger partial charge in [-0.1, -0.05) is 190 Å². The number of aliphatic hydroxyl groups is 2. The lowest BCUT2D eigenvalue weighted by molar-refractivity contribution is -0.143. The fraction of sp³-hybridized carbons (Fsp3) is 0.774. The largest absolute Gasteiger partial charge is 0.466 e. The first-order chi connectivity index (χ1) is 29.0. The minimum Gasteiger partial charge on any atom is -0.466 e. The lowest BCUT2D eigenvalue weighted by atomic mass is 10.1. The van der Waals surface area contributed by atoms with E-state index in [1.54, 1.807) is 6.08 Å². The van der Waals surface area contributed by atoms with Crippen molar-refractivity contribution in [3.05, 3.63) is 60.8 Å². The number of rotatable bonds is 45. The molecule has 3 N–H and O–H groups in total. The molecule has 59 heavy (non-hydrogen) atoms. The van der Waals surface area contributed by atoms with Crippen molar-refractivity contribution < 1.29 is 24.5 Å². The van der Waals surface area contributed by atoms with Crippen molar-refractivity contribution in [1.29, 1.82) is 0 Å². The fourth-order valence-corrected chi connectivity index (χ4v) is 7.11. The summed E-state index contributed by atoms with van der Waals surface area (Å²) >= 11 is 0. The minimum atomic E-state index is -0.855. The number of allylic oxidation sites excluding steroid dienone is 9. The van der Waals surface area contributed by atoms with E-state index in [-0.39, 0.29) is 18.5 Å². The first-order valence-corrected chi connectivity index (χ1v) is 25.1. The smallest absolute Gasteiger partial charge is 0.305 e. The highest BCUT2D eigenvalue weighted by Crippen LogP contribution is 2.14. The number of carbonyl (C=O) groups excluding carboxylic acids is 2. The Hall–Kier alpha value is -2.44. The van der Waals surface area contributed by atoms with Gasteiger partial charge in [0.05, 0.1) is 25.4 Å². The van der Waals surface area contributed by atoms with Gasteiger partial charge in [0.25, 0.3) is 0 Å². The number of hydrogen-bond acceptors (Lipinski definition) is 5. The molecule has 6 heteroatoms. The Morgan fingerprint density at radius 2 is 0.881 bits per heavy atom. The molecule has 6 nitrogen and oxygen atoms in total. The Balaban J connectivity index is 3.55. The van der Waals surface area contributed by atoms with Crippen LogP contribution in [-0.4, -0.2) is 47.4 Å². The topological polar surface area (TPSA) is 95.9 Å². The van der Waals surface area contributed by atoms with Crippen molar-refractivity contribution in [3.63, 3.8) is 0 Å². The van der Waals surface area contributed by atoms with Crippen molar-refractivity contribution in [2.75, 3.05) is 13.2 Å². The lowest BCUT2D eigenvalue weighted by Gasteiger charge is -2.20. The molecule has 0 bridgehead atoms. The monoisotopic (exact) mass is 826 g/mol. The molecule has 1 amide bonds. The second-order valence-corrected chi connectivity index (χ2v) is 16.8. The summed E-state index contributed by atoms with van der Waals surface area (Å²) in [5.74, 6) is -0.121. The maximum absolute atomic E-state index is 12.4. The van der Waals surface area contributed by atoms with Crippen molar-refractivity contribution in [2.24, 2.45) is 0 Å². The Bertz CT molecular complexity index is 1050. The van der Waals surface area contributed by atoms with E-state index in [0.29, 0.717) is 19.4 Å². The maximum Gasteiger partial charge on any atom is 0.305 e. The number of carbonyl (C=O) groups is 2. The molecule has 0 aliphatic rings. The zero-order chi connectivity index (χ0) is 43.0. The Labute approximate surface area is 365 Å². The molecule has 0 aromatic carbocycles. The van der Waals surface area contributed by atoms with Gasteiger partial charge in [-0.2, -0.15) is 0 Å². The third kappa shape index (κ3) is 44.9. The molecule has 0 rings (SSSR count). The number of esters is 1. The van der Waals surface area contributed by atoms with Crippen LogP contribution in [0, 0.1) is 0 Å². The zero-order valence-electron chi connectivity index (χ0n) is 38.7. The minimum absolute atomic E-state index is 0.0332. The number of ether oxygens (including phenoxy) is 1. The van der Waals surface area contributed by atoms with Crippen LogP contribution in [0.1, 0.15) is 239 Å². The summed E-state index contributed by atoms with van der Waals surface area (Å²) in [7, 11) is 0. The molecule has 0 saturated carbocycles. The van der Waals surface area contributed by atoms with Crippen LogP contribution >= 0.6 is 0 Å². The molecule has 0 radical (unpaired) electrons. The fourth-order valence-electron chi connectivity index (χ4n) is 7.11. The molecule has 0 heterocycles. The molecular weight excluding hydrogens is 731 g/mol. The Morgan fingerprint density at radius 3 is 1.36 bits per heavy atom. The second-order valence-electron chi connectivity index (χ2n) is 16.8. The van der Waals surface area contributed by atoms with E-state index in [0.717, 1.165) is 96.3 Å². The molecule has 0 saturated heterocycles. The van der Waals surface area contributed by atoms with Crippen LogP contribution in [0.3, 0.4) is 0 Å². The number of amides is 1. The highest BCUT2D eigenvalue weighted by Gasteiger charge is 2.18. The van der Waals surface area contributed by atoms with Crippen LogP contribution in [0.5, 0.6) is 0 Å². The standard InChI is InChI=1S/C53H95NO5/c1-3-5-7-9-11-13-15-22-27-31-35-39-43-47-53(58)59-48-44-40-36-32-28-24-21-19-17-18-20-23-26-30-34-38-42-46-52(57)54-50(49-55)51(56)45-41-37-33-29-25-16-14-12-10-8-6-4-2/h7,9,13,15,17,19,24,28,41,45,50-51,55-56H,3-6,8,10-12,14,16,18,20-23,25-27,29-40,42-44,46-49H2,1-2H3,(H,54,57)/b9-7-,15-13-,19-17-,28-24-,45-41+. The van der Waals surface area contributed by atoms with Gasteiger partial charge < -0.3 is 20.3 Å². The predicted molar refractivity (Wildman–Crippen MR) is 255 cm³/mol. The maximum atomic E-state index is 12.4. The quantitative estimate of drug-likeness (QED) is 0.0323. The van der Waals surface area contributed by atoms with Gasteiger partial charge in [0.2, 0.25) is 5.91 Å². The summed E-state index contributed by atoms with van der Waals surface area (Å²) in [6.07, 6.45) is 60.7. The summed E-state index contributed by atoms with van der Waals surface area (Å²) in [6, 6.07) is -0.640. The molecule has 0 spiro atoms. The molecule has 0 aliphatic carbocycles. The zero-order valence-corrected chi connectivity index (χ0v) is 38.7. The number of nitrogens with one attached hydrogen (secondary N) is 1. The highest BCUT2D eigenvalue weighted by atomic mass is 16.5. The average molecular weight is 826 g/mol. The van der Waals surface area contributed by atoms with Gasteiger partial charge in [-0.05, 0) is 96.3 Å². The molecule has 0 aromatic rings. The van der Waals surface area contributed by atoms with Crippen LogP contribution in [0.15, 0.2) is 60.8 Å². The van der Waals surface area contributed by atoms with Gasteiger partial charge in [-0.3, -0.25) is 9.59 Å². The van der Waals surface area contributed by atoms with Crippen LogP contribution in [-0.2, 0) is 14.3 Å². The van der Waals surface area contributed by atoms with Gasteiger partial charge in [-0.25, -0.2) is 0 Å². The molecule has 0 fully saturated rings. The van der Waals surface area contributed by atoms with Crippen molar-refractivity contribution in [2.45, 2.75) is 251 Å². The molecule has 2 unspecified atom stereocenters. The van der Waals surface area contributed by atoms with Gasteiger partial charge in [0, 0.05) is 12.8 Å². The van der Waals surface area contributed by atoms with E-state index >= 15 is 0 Å². The summed E-state index contributed by atoms with van der Waals surface area (Å²) in [5, 5.41) is 23.0. The van der Waals surface area contributed by atoms with Gasteiger partial charge >= 0.3 is 5.97 Å². The van der Waals surface area contributed by atoms with Crippen molar-refractivity contribution >= 4 is 11.9 Å². The Kier molecular flexibility index (Phi) is 46.2. The predicted octanol–water partition coefficient (Wildman–Crippen LogP) is 14.8. The number of unbranched alkanes of at least 4 members (excludes halogenated alkanes) is 26. The van der Waals surface area contributed by atoms with E-state index in [4.69, 9.17) is 4.74 Å². The molecule has 0 aromatic heterocycles. The summed E-state index contributed by atoms with van der Waals surface area (Å²) in [4.78, 5) is 24.4. The highest BCUT2D eigenvalue weighted by molar-refractivity contribution is 5.76. The molecule has 2 atom stereocenters. The van der Waals surface area contributed by atoms with Crippen LogP contribution in [0.2, 0.25) is 0 Å². The first kappa shape index (κ1) is 56.6. The van der Waals surface area contributed by atoms with Gasteiger partial charge in [0.15, 0.2) is 0 Å². The third-order valence-corrected chi connectivity index (χ3v) is 11.0. The Morgan fingerprint density at radius 1 is 0.475 bits per heavy atom. The third-order valence-electron chi connectivity index (χ3n) is 11.0. The number of aliphatic hydroxyl groups excluding tert-OH is 2. The summed E-state index contributed by atoms with van der Waals surface area (Å²) in [6.45, 7) is 4.76. The average Bonchev–Trinajstić information content (AvgIpc) is 3.24.